The molecule has 1 atom stereocenters. The van der Waals surface area contributed by atoms with E-state index in [2.05, 4.69) is 15.9 Å². The van der Waals surface area contributed by atoms with E-state index >= 15 is 0 Å². The number of ether oxygens (including phenoxy) is 1. The number of benzene rings is 1. The summed E-state index contributed by atoms with van der Waals surface area (Å²) in [6.45, 7) is 0. The second kappa shape index (κ2) is 3.85. The summed E-state index contributed by atoms with van der Waals surface area (Å²) in [7, 11) is 3.48. The Balaban J connectivity index is 2.19. The number of amides is 1. The lowest BCUT2D eigenvalue weighted by Crippen LogP contribution is -2.36. The molecule has 80 valence electrons. The van der Waals surface area contributed by atoms with Gasteiger partial charge in [-0.25, -0.2) is 0 Å². The van der Waals surface area contributed by atoms with Crippen LogP contribution in [0.5, 0.6) is 5.75 Å². The molecule has 1 aromatic carbocycles. The van der Waals surface area contributed by atoms with Gasteiger partial charge in [0.05, 0.1) is 0 Å². The van der Waals surface area contributed by atoms with Gasteiger partial charge >= 0.3 is 0 Å². The Bertz CT molecular complexity index is 404. The molecule has 0 fully saturated rings. The first kappa shape index (κ1) is 10.5. The van der Waals surface area contributed by atoms with Crippen LogP contribution in [0.15, 0.2) is 22.7 Å². The monoisotopic (exact) mass is 269 g/mol. The average Bonchev–Trinajstić information content (AvgIpc) is 2.58. The maximum atomic E-state index is 11.7. The van der Waals surface area contributed by atoms with E-state index < -0.39 is 0 Å². The van der Waals surface area contributed by atoms with Crippen LogP contribution in [-0.2, 0) is 11.2 Å². The van der Waals surface area contributed by atoms with Crippen LogP contribution in [0.2, 0.25) is 0 Å². The molecule has 0 unspecified atom stereocenters. The minimum Gasteiger partial charge on any atom is -0.480 e. The molecule has 0 saturated heterocycles. The largest absolute Gasteiger partial charge is 0.480 e. The Kier molecular flexibility index (Phi) is 2.69. The highest BCUT2D eigenvalue weighted by Gasteiger charge is 2.29. The van der Waals surface area contributed by atoms with Crippen LogP contribution in [0.3, 0.4) is 0 Å². The van der Waals surface area contributed by atoms with Crippen LogP contribution < -0.4 is 4.74 Å². The second-order valence-corrected chi connectivity index (χ2v) is 4.71. The maximum Gasteiger partial charge on any atom is 0.263 e. The predicted molar refractivity (Wildman–Crippen MR) is 61.0 cm³/mol. The summed E-state index contributed by atoms with van der Waals surface area (Å²) in [4.78, 5) is 13.2. The lowest BCUT2D eigenvalue weighted by Gasteiger charge is -2.15. The maximum absolute atomic E-state index is 11.7. The third kappa shape index (κ3) is 2.00. The highest BCUT2D eigenvalue weighted by molar-refractivity contribution is 9.10. The molecule has 1 aliphatic rings. The van der Waals surface area contributed by atoms with E-state index in [-0.39, 0.29) is 12.0 Å². The van der Waals surface area contributed by atoms with Gasteiger partial charge in [-0.15, -0.1) is 0 Å². The molecule has 1 aliphatic heterocycles. The van der Waals surface area contributed by atoms with Gasteiger partial charge < -0.3 is 9.64 Å². The minimum absolute atomic E-state index is 0.0160. The van der Waals surface area contributed by atoms with Crippen LogP contribution in [0.1, 0.15) is 5.56 Å². The van der Waals surface area contributed by atoms with Gasteiger partial charge in [-0.3, -0.25) is 4.79 Å². The number of fused-ring (bicyclic) bond motifs is 1. The van der Waals surface area contributed by atoms with E-state index in [1.54, 1.807) is 19.0 Å². The number of carbonyl (C=O) groups excluding carboxylic acids is 1. The highest BCUT2D eigenvalue weighted by Crippen LogP contribution is 2.31. The normalized spacial score (nSPS) is 18.2. The fraction of sp³-hybridized carbons (Fsp3) is 0.364. The van der Waals surface area contributed by atoms with Gasteiger partial charge in [-0.05, 0) is 23.8 Å². The fourth-order valence-corrected chi connectivity index (χ4v) is 2.05. The molecule has 0 saturated carbocycles. The zero-order valence-corrected chi connectivity index (χ0v) is 10.2. The third-order valence-electron chi connectivity index (χ3n) is 2.41. The summed E-state index contributed by atoms with van der Waals surface area (Å²) in [6, 6.07) is 5.81. The molecule has 0 aliphatic carbocycles. The zero-order chi connectivity index (χ0) is 11.0. The van der Waals surface area contributed by atoms with E-state index in [0.29, 0.717) is 6.42 Å². The van der Waals surface area contributed by atoms with Crippen molar-refractivity contribution in [3.8, 4) is 5.75 Å². The van der Waals surface area contributed by atoms with Crippen LogP contribution in [0, 0.1) is 0 Å². The SMILES string of the molecule is CN(C)C(=O)[C@@H]1Cc2cc(Br)ccc2O1. The summed E-state index contributed by atoms with van der Waals surface area (Å²) >= 11 is 3.40. The van der Waals surface area contributed by atoms with Crippen molar-refractivity contribution < 1.29 is 9.53 Å². The Morgan fingerprint density at radius 3 is 2.93 bits per heavy atom. The number of halogens is 1. The predicted octanol–water partition coefficient (Wildman–Crippen LogP) is 1.84. The Hall–Kier alpha value is -1.03. The van der Waals surface area contributed by atoms with Crippen LogP contribution in [0.25, 0.3) is 0 Å². The molecule has 15 heavy (non-hydrogen) atoms. The summed E-state index contributed by atoms with van der Waals surface area (Å²) in [5.74, 6) is 0.834. The number of hydrogen-bond donors (Lipinski definition) is 0. The lowest BCUT2D eigenvalue weighted by molar-refractivity contribution is -0.135. The van der Waals surface area contributed by atoms with Crippen molar-refractivity contribution in [1.29, 1.82) is 0 Å². The molecule has 1 aromatic rings. The summed E-state index contributed by atoms with van der Waals surface area (Å²) in [6.07, 6.45) is 0.301. The van der Waals surface area contributed by atoms with Crippen LogP contribution in [0.4, 0.5) is 0 Å². The smallest absolute Gasteiger partial charge is 0.263 e. The summed E-state index contributed by atoms with van der Waals surface area (Å²) < 4.78 is 6.59. The standard InChI is InChI=1S/C11H12BrNO2/c1-13(2)11(14)10-6-7-5-8(12)3-4-9(7)15-10/h3-5,10H,6H2,1-2H3/t10-/m0/s1. The Morgan fingerprint density at radius 1 is 1.53 bits per heavy atom. The molecule has 1 amide bonds. The molecular formula is C11H12BrNO2. The van der Waals surface area contributed by atoms with Gasteiger partial charge in [0.1, 0.15) is 5.75 Å². The number of rotatable bonds is 1. The molecule has 4 heteroatoms. The molecular weight excluding hydrogens is 258 g/mol. The number of likely N-dealkylation sites (N-methyl/N-ethyl adjacent to an activating group) is 1. The van der Waals surface area contributed by atoms with Gasteiger partial charge in [-0.1, -0.05) is 15.9 Å². The molecule has 0 radical (unpaired) electrons. The quantitative estimate of drug-likeness (QED) is 0.779. The Labute approximate surface area is 97.2 Å². The molecule has 0 spiro atoms. The van der Waals surface area contributed by atoms with Gasteiger partial charge in [0.2, 0.25) is 0 Å². The van der Waals surface area contributed by atoms with Gasteiger partial charge in [0.15, 0.2) is 6.10 Å². The molecule has 0 N–H and O–H groups in total. The second-order valence-electron chi connectivity index (χ2n) is 3.80. The van der Waals surface area contributed by atoms with E-state index in [0.717, 1.165) is 15.8 Å². The molecule has 1 heterocycles. The average molecular weight is 270 g/mol. The third-order valence-corrected chi connectivity index (χ3v) is 2.91. The lowest BCUT2D eigenvalue weighted by atomic mass is 10.1. The molecule has 0 bridgehead atoms. The highest BCUT2D eigenvalue weighted by atomic mass is 79.9. The number of carbonyl (C=O) groups is 1. The van der Waals surface area contributed by atoms with Crippen molar-refractivity contribution in [1.82, 2.24) is 4.90 Å². The van der Waals surface area contributed by atoms with Gasteiger partial charge in [-0.2, -0.15) is 0 Å². The fourth-order valence-electron chi connectivity index (χ4n) is 1.64. The van der Waals surface area contributed by atoms with E-state index in [4.69, 9.17) is 4.74 Å². The first-order valence-electron chi connectivity index (χ1n) is 4.74. The van der Waals surface area contributed by atoms with E-state index in [1.165, 1.54) is 0 Å². The molecule has 2 rings (SSSR count). The van der Waals surface area contributed by atoms with E-state index in [9.17, 15) is 4.79 Å². The molecule has 0 aromatic heterocycles. The zero-order valence-electron chi connectivity index (χ0n) is 8.66. The minimum atomic E-state index is -0.357. The van der Waals surface area contributed by atoms with Crippen molar-refractivity contribution in [3.05, 3.63) is 28.2 Å². The van der Waals surface area contributed by atoms with E-state index in [1.807, 2.05) is 18.2 Å². The summed E-state index contributed by atoms with van der Waals surface area (Å²) in [5, 5.41) is 0. The van der Waals surface area contributed by atoms with Crippen molar-refractivity contribution in [2.24, 2.45) is 0 Å². The number of nitrogens with zero attached hydrogens (tertiary/aromatic N) is 1. The van der Waals surface area contributed by atoms with Crippen LogP contribution in [-0.4, -0.2) is 31.0 Å². The number of hydrogen-bond acceptors (Lipinski definition) is 2. The van der Waals surface area contributed by atoms with Crippen molar-refractivity contribution >= 4 is 21.8 Å². The summed E-state index contributed by atoms with van der Waals surface area (Å²) in [5.41, 5.74) is 1.09. The van der Waals surface area contributed by atoms with Crippen molar-refractivity contribution in [2.45, 2.75) is 12.5 Å². The van der Waals surface area contributed by atoms with Gasteiger partial charge in [0, 0.05) is 25.0 Å². The Morgan fingerprint density at radius 2 is 2.27 bits per heavy atom. The first-order chi connectivity index (χ1) is 7.08. The van der Waals surface area contributed by atoms with Gasteiger partial charge in [0.25, 0.3) is 5.91 Å². The molecule has 3 nitrogen and oxygen atoms in total. The topological polar surface area (TPSA) is 29.5 Å². The van der Waals surface area contributed by atoms with Crippen molar-refractivity contribution in [3.63, 3.8) is 0 Å². The first-order valence-corrected chi connectivity index (χ1v) is 5.53. The van der Waals surface area contributed by atoms with Crippen LogP contribution >= 0.6 is 15.9 Å². The van der Waals surface area contributed by atoms with Crippen molar-refractivity contribution in [2.75, 3.05) is 14.1 Å².